The summed E-state index contributed by atoms with van der Waals surface area (Å²) in [6, 6.07) is 8.77. The highest BCUT2D eigenvalue weighted by Crippen LogP contribution is 2.54. The fourth-order valence-corrected chi connectivity index (χ4v) is 4.49. The molecule has 7 heteroatoms. The van der Waals surface area contributed by atoms with Crippen LogP contribution in [0.4, 0.5) is 11.4 Å². The number of nitrogens with one attached hydrogen (secondary N) is 1. The number of rotatable bonds is 4. The molecule has 1 N–H and O–H groups in total. The third-order valence-corrected chi connectivity index (χ3v) is 5.68. The van der Waals surface area contributed by atoms with E-state index in [9.17, 15) is 10.1 Å². The van der Waals surface area contributed by atoms with Crippen molar-refractivity contribution in [2.75, 3.05) is 19.5 Å². The summed E-state index contributed by atoms with van der Waals surface area (Å²) in [6.45, 7) is 0. The molecule has 0 amide bonds. The molecule has 6 nitrogen and oxygen atoms in total. The highest BCUT2D eigenvalue weighted by Gasteiger charge is 2.41. The molecule has 0 aromatic heterocycles. The van der Waals surface area contributed by atoms with Crippen LogP contribution in [-0.4, -0.2) is 19.1 Å². The quantitative estimate of drug-likeness (QED) is 0.450. The van der Waals surface area contributed by atoms with Gasteiger partial charge in [0.25, 0.3) is 5.69 Å². The van der Waals surface area contributed by atoms with E-state index in [0.29, 0.717) is 16.5 Å². The maximum Gasteiger partial charge on any atom is 0.271 e. The molecule has 0 unspecified atom stereocenters. The van der Waals surface area contributed by atoms with E-state index < -0.39 is 4.92 Å². The van der Waals surface area contributed by atoms with Gasteiger partial charge in [-0.15, -0.1) is 0 Å². The normalized spacial score (nSPS) is 22.6. The molecule has 140 valence electrons. The van der Waals surface area contributed by atoms with Gasteiger partial charge in [-0.2, -0.15) is 0 Å². The van der Waals surface area contributed by atoms with Gasteiger partial charge in [0.2, 0.25) is 0 Å². The number of hydrogen-bond acceptors (Lipinski definition) is 5. The van der Waals surface area contributed by atoms with Crippen LogP contribution < -0.4 is 14.8 Å². The highest BCUT2D eigenvalue weighted by molar-refractivity contribution is 6.33. The van der Waals surface area contributed by atoms with Gasteiger partial charge in [-0.05, 0) is 24.0 Å². The van der Waals surface area contributed by atoms with Crippen molar-refractivity contribution in [3.05, 3.63) is 68.7 Å². The fraction of sp³-hybridized carbons (Fsp3) is 0.300. The number of nitrogens with zero attached hydrogens (tertiary/aromatic N) is 1. The molecule has 1 aliphatic carbocycles. The lowest BCUT2D eigenvalue weighted by molar-refractivity contribution is -0.384. The number of methoxy groups -OCH3 is 2. The van der Waals surface area contributed by atoms with Crippen LogP contribution in [0.15, 0.2) is 42.5 Å². The summed E-state index contributed by atoms with van der Waals surface area (Å²) in [7, 11) is 3.24. The van der Waals surface area contributed by atoms with Crippen LogP contribution in [0.1, 0.15) is 29.5 Å². The van der Waals surface area contributed by atoms with Crippen molar-refractivity contribution in [2.45, 2.75) is 18.4 Å². The molecule has 27 heavy (non-hydrogen) atoms. The Labute approximate surface area is 161 Å². The zero-order valence-electron chi connectivity index (χ0n) is 14.9. The van der Waals surface area contributed by atoms with Gasteiger partial charge in [-0.1, -0.05) is 35.9 Å². The van der Waals surface area contributed by atoms with Gasteiger partial charge in [0.1, 0.15) is 0 Å². The lowest BCUT2D eigenvalue weighted by atomic mass is 9.76. The van der Waals surface area contributed by atoms with Crippen LogP contribution in [0.25, 0.3) is 0 Å². The van der Waals surface area contributed by atoms with Gasteiger partial charge in [0, 0.05) is 23.6 Å². The number of hydrogen-bond donors (Lipinski definition) is 1. The van der Waals surface area contributed by atoms with Crippen LogP contribution in [0, 0.1) is 16.0 Å². The Bertz CT molecular complexity index is 944. The van der Waals surface area contributed by atoms with Crippen molar-refractivity contribution in [3.63, 3.8) is 0 Å². The van der Waals surface area contributed by atoms with Gasteiger partial charge >= 0.3 is 0 Å². The predicted octanol–water partition coefficient (Wildman–Crippen LogP) is 5.09. The molecule has 1 aliphatic heterocycles. The average molecular weight is 387 g/mol. The number of nitro groups is 1. The summed E-state index contributed by atoms with van der Waals surface area (Å²) in [4.78, 5) is 10.8. The first-order valence-corrected chi connectivity index (χ1v) is 9.05. The molecule has 2 aromatic rings. The second kappa shape index (κ2) is 6.78. The molecular formula is C20H19ClN2O4. The fourth-order valence-electron chi connectivity index (χ4n) is 4.21. The molecule has 0 saturated heterocycles. The van der Waals surface area contributed by atoms with Crippen LogP contribution in [0.5, 0.6) is 11.5 Å². The standard InChI is InChI=1S/C20H19ClN2O4/c1-26-17-8-4-7-14(20(17)27-2)18-13-6-3-5-12(13)15-9-11(23(24)25)10-16(21)19(15)22-18/h3-5,7-10,12-13,18,22H,6H2,1-2H3/t12-,13-,18+/m0/s1. The third-order valence-electron chi connectivity index (χ3n) is 5.38. The molecule has 4 rings (SSSR count). The minimum absolute atomic E-state index is 0.0111. The first-order valence-electron chi connectivity index (χ1n) is 8.67. The third kappa shape index (κ3) is 2.80. The number of anilines is 1. The molecular weight excluding hydrogens is 368 g/mol. The lowest BCUT2D eigenvalue weighted by Gasteiger charge is -2.38. The van der Waals surface area contributed by atoms with Gasteiger partial charge in [0.05, 0.1) is 35.9 Å². The number of nitro benzene ring substituents is 1. The van der Waals surface area contributed by atoms with Crippen LogP contribution in [0.3, 0.4) is 0 Å². The van der Waals surface area contributed by atoms with E-state index in [0.717, 1.165) is 23.2 Å². The first-order chi connectivity index (χ1) is 13.0. The van der Waals surface area contributed by atoms with E-state index in [2.05, 4.69) is 17.5 Å². The Morgan fingerprint density at radius 3 is 2.74 bits per heavy atom. The molecule has 0 bridgehead atoms. The molecule has 2 aromatic carbocycles. The van der Waals surface area contributed by atoms with Crippen molar-refractivity contribution >= 4 is 23.0 Å². The zero-order valence-corrected chi connectivity index (χ0v) is 15.7. The monoisotopic (exact) mass is 386 g/mol. The lowest BCUT2D eigenvalue weighted by Crippen LogP contribution is -2.29. The molecule has 1 heterocycles. The smallest absolute Gasteiger partial charge is 0.271 e. The number of non-ortho nitro benzene ring substituents is 1. The van der Waals surface area contributed by atoms with Gasteiger partial charge in [-0.3, -0.25) is 10.1 Å². The van der Waals surface area contributed by atoms with Crippen molar-refractivity contribution in [2.24, 2.45) is 5.92 Å². The maximum atomic E-state index is 11.2. The van der Waals surface area contributed by atoms with Gasteiger partial charge < -0.3 is 14.8 Å². The Balaban J connectivity index is 1.85. The summed E-state index contributed by atoms with van der Waals surface area (Å²) in [5.74, 6) is 1.61. The van der Waals surface area contributed by atoms with Gasteiger partial charge in [0.15, 0.2) is 11.5 Å². The first kappa shape index (κ1) is 17.7. The molecule has 0 spiro atoms. The van der Waals surface area contributed by atoms with Crippen molar-refractivity contribution in [1.29, 1.82) is 0 Å². The Morgan fingerprint density at radius 2 is 2.04 bits per heavy atom. The second-order valence-corrected chi connectivity index (χ2v) is 7.11. The molecule has 0 saturated carbocycles. The summed E-state index contributed by atoms with van der Waals surface area (Å²) in [6.07, 6.45) is 5.10. The molecule has 0 fully saturated rings. The van der Waals surface area contributed by atoms with Crippen LogP contribution >= 0.6 is 11.6 Å². The van der Waals surface area contributed by atoms with Crippen molar-refractivity contribution < 1.29 is 14.4 Å². The van der Waals surface area contributed by atoms with E-state index in [1.807, 2.05) is 18.2 Å². The van der Waals surface area contributed by atoms with Crippen LogP contribution in [-0.2, 0) is 0 Å². The molecule has 2 aliphatic rings. The Hall–Kier alpha value is -2.73. The Morgan fingerprint density at radius 1 is 1.22 bits per heavy atom. The second-order valence-electron chi connectivity index (χ2n) is 6.71. The Kier molecular flexibility index (Phi) is 4.44. The SMILES string of the molecule is COc1cccc([C@@H]2Nc3c(Cl)cc([N+](=O)[O-])cc3[C@H]3C=CC[C@@H]32)c1OC. The largest absolute Gasteiger partial charge is 0.493 e. The van der Waals surface area contributed by atoms with E-state index >= 15 is 0 Å². The van der Waals surface area contributed by atoms with E-state index in [4.69, 9.17) is 21.1 Å². The summed E-state index contributed by atoms with van der Waals surface area (Å²) >= 11 is 6.42. The van der Waals surface area contributed by atoms with Crippen molar-refractivity contribution in [1.82, 2.24) is 0 Å². The maximum absolute atomic E-state index is 11.2. The summed E-state index contributed by atoms with van der Waals surface area (Å²) in [5, 5.41) is 15.1. The molecule has 3 atom stereocenters. The number of para-hydroxylation sites is 1. The van der Waals surface area contributed by atoms with E-state index in [1.54, 1.807) is 20.3 Å². The van der Waals surface area contributed by atoms with E-state index in [1.165, 1.54) is 6.07 Å². The van der Waals surface area contributed by atoms with Crippen LogP contribution in [0.2, 0.25) is 5.02 Å². The minimum Gasteiger partial charge on any atom is -0.493 e. The van der Waals surface area contributed by atoms with E-state index in [-0.39, 0.29) is 23.6 Å². The summed E-state index contributed by atoms with van der Waals surface area (Å²) in [5.41, 5.74) is 2.60. The number of fused-ring (bicyclic) bond motifs is 3. The molecule has 0 radical (unpaired) electrons. The number of allylic oxidation sites excluding steroid dienone is 2. The summed E-state index contributed by atoms with van der Waals surface area (Å²) < 4.78 is 11.1. The predicted molar refractivity (Wildman–Crippen MR) is 104 cm³/mol. The number of ether oxygens (including phenoxy) is 2. The zero-order chi connectivity index (χ0) is 19.1. The highest BCUT2D eigenvalue weighted by atomic mass is 35.5. The topological polar surface area (TPSA) is 73.6 Å². The number of benzene rings is 2. The van der Waals surface area contributed by atoms with Gasteiger partial charge in [-0.25, -0.2) is 0 Å². The minimum atomic E-state index is -0.406. The van der Waals surface area contributed by atoms with Crippen molar-refractivity contribution in [3.8, 4) is 11.5 Å². The average Bonchev–Trinajstić information content (AvgIpc) is 3.16. The number of halogens is 1.